The lowest BCUT2D eigenvalue weighted by Gasteiger charge is -2.11. The number of hydrogen-bond donors (Lipinski definition) is 0. The van der Waals surface area contributed by atoms with Crippen molar-refractivity contribution < 1.29 is 9.53 Å². The highest BCUT2D eigenvalue weighted by atomic mass is 16.5. The minimum Gasteiger partial charge on any atom is -0.384 e. The molecule has 0 radical (unpaired) electrons. The second-order valence-electron chi connectivity index (χ2n) is 3.36. The number of ether oxygens (including phenoxy) is 1. The Kier molecular flexibility index (Phi) is 1.57. The molecule has 0 aliphatic heterocycles. The third kappa shape index (κ3) is 0.932. The van der Waals surface area contributed by atoms with Gasteiger partial charge in [-0.1, -0.05) is 12.2 Å². The minimum absolute atomic E-state index is 0.181. The fraction of sp³-hybridized carbons (Fsp3) is 0.667. The van der Waals surface area contributed by atoms with Crippen LogP contribution >= 0.6 is 0 Å². The molecule has 0 aromatic rings. The van der Waals surface area contributed by atoms with Gasteiger partial charge in [0.2, 0.25) is 0 Å². The molecule has 0 aromatic carbocycles. The van der Waals surface area contributed by atoms with Crippen LogP contribution in [0.3, 0.4) is 0 Å². The van der Waals surface area contributed by atoms with Gasteiger partial charge in [-0.2, -0.15) is 0 Å². The van der Waals surface area contributed by atoms with Crippen molar-refractivity contribution in [2.45, 2.75) is 6.42 Å². The number of carbonyl (C=O) groups is 1. The average Bonchev–Trinajstić information content (AvgIpc) is 2.46. The van der Waals surface area contributed by atoms with Crippen molar-refractivity contribution in [3.8, 4) is 0 Å². The van der Waals surface area contributed by atoms with Gasteiger partial charge < -0.3 is 4.74 Å². The number of fused-ring (bicyclic) bond motifs is 2. The van der Waals surface area contributed by atoms with Crippen LogP contribution in [0.15, 0.2) is 12.2 Å². The van der Waals surface area contributed by atoms with Crippen LogP contribution in [0, 0.1) is 17.8 Å². The van der Waals surface area contributed by atoms with E-state index in [9.17, 15) is 4.79 Å². The van der Waals surface area contributed by atoms with Crippen LogP contribution in [-0.2, 0) is 9.53 Å². The summed E-state index contributed by atoms with van der Waals surface area (Å²) in [6.07, 6.45) is 4.95. The molecule has 2 heteroatoms. The van der Waals surface area contributed by atoms with Crippen molar-refractivity contribution in [1.82, 2.24) is 0 Å². The maximum absolute atomic E-state index is 11.2. The van der Waals surface area contributed by atoms with Gasteiger partial charge in [-0.15, -0.1) is 0 Å². The van der Waals surface area contributed by atoms with Gasteiger partial charge in [0.25, 0.3) is 0 Å². The molecule has 2 bridgehead atoms. The van der Waals surface area contributed by atoms with Crippen LogP contribution in [0.2, 0.25) is 0 Å². The third-order valence-electron chi connectivity index (χ3n) is 2.74. The second kappa shape index (κ2) is 2.45. The first kappa shape index (κ1) is 7.04. The van der Waals surface area contributed by atoms with Crippen molar-refractivity contribution in [3.05, 3.63) is 12.2 Å². The Morgan fingerprint density at radius 3 is 2.91 bits per heavy atom. The van der Waals surface area contributed by atoms with Crippen molar-refractivity contribution in [3.63, 3.8) is 0 Å². The topological polar surface area (TPSA) is 26.3 Å². The summed E-state index contributed by atoms with van der Waals surface area (Å²) >= 11 is 0. The van der Waals surface area contributed by atoms with Gasteiger partial charge in [0.15, 0.2) is 0 Å². The molecule has 0 unspecified atom stereocenters. The smallest absolute Gasteiger partial charge is 0.140 e. The van der Waals surface area contributed by atoms with Crippen molar-refractivity contribution in [2.75, 3.05) is 13.7 Å². The maximum atomic E-state index is 11.2. The van der Waals surface area contributed by atoms with E-state index >= 15 is 0 Å². The standard InChI is InChI=1S/C9H12O2/c1-11-5-8-6-2-3-7(8)9(10)4-6/h2-3,6-8H,4-5H2,1H3/t6-,7+,8+/m0/s1. The predicted molar refractivity (Wildman–Crippen MR) is 41.1 cm³/mol. The fourth-order valence-corrected chi connectivity index (χ4v) is 2.17. The molecular formula is C9H12O2. The van der Waals surface area contributed by atoms with E-state index in [1.54, 1.807) is 7.11 Å². The summed E-state index contributed by atoms with van der Waals surface area (Å²) in [6.45, 7) is 0.730. The summed E-state index contributed by atoms with van der Waals surface area (Å²) in [4.78, 5) is 11.2. The van der Waals surface area contributed by atoms with Crippen molar-refractivity contribution in [1.29, 1.82) is 0 Å². The minimum atomic E-state index is 0.181. The zero-order valence-electron chi connectivity index (χ0n) is 6.62. The number of allylic oxidation sites excluding steroid dienone is 2. The zero-order chi connectivity index (χ0) is 7.84. The molecule has 0 N–H and O–H groups in total. The molecule has 0 aromatic heterocycles. The fourth-order valence-electron chi connectivity index (χ4n) is 2.17. The Morgan fingerprint density at radius 2 is 2.45 bits per heavy atom. The van der Waals surface area contributed by atoms with Gasteiger partial charge in [0.1, 0.15) is 5.78 Å². The number of Topliss-reactive ketones (excluding diaryl/α,β-unsaturated/α-hetero) is 1. The molecule has 2 nitrogen and oxygen atoms in total. The average molecular weight is 152 g/mol. The van der Waals surface area contributed by atoms with E-state index in [-0.39, 0.29) is 5.92 Å². The summed E-state index contributed by atoms with van der Waals surface area (Å²) in [5.41, 5.74) is 0. The highest BCUT2D eigenvalue weighted by Gasteiger charge is 2.43. The van der Waals surface area contributed by atoms with Crippen LogP contribution in [0.5, 0.6) is 0 Å². The van der Waals surface area contributed by atoms with Gasteiger partial charge in [0, 0.05) is 25.4 Å². The SMILES string of the molecule is COC[C@@H]1[C@H]2C=C[C@H]1C(=O)C2. The molecule has 0 saturated heterocycles. The summed E-state index contributed by atoms with van der Waals surface area (Å²) in [5, 5.41) is 0. The molecule has 2 aliphatic rings. The summed E-state index contributed by atoms with van der Waals surface area (Å²) in [6, 6.07) is 0. The Bertz CT molecular complexity index is 208. The quantitative estimate of drug-likeness (QED) is 0.552. The monoisotopic (exact) mass is 152 g/mol. The molecule has 3 atom stereocenters. The molecular weight excluding hydrogens is 140 g/mol. The van der Waals surface area contributed by atoms with Crippen LogP contribution in [-0.4, -0.2) is 19.5 Å². The van der Waals surface area contributed by atoms with Gasteiger partial charge >= 0.3 is 0 Å². The van der Waals surface area contributed by atoms with Gasteiger partial charge in [-0.3, -0.25) is 4.79 Å². The lowest BCUT2D eigenvalue weighted by atomic mass is 9.98. The second-order valence-corrected chi connectivity index (χ2v) is 3.36. The molecule has 11 heavy (non-hydrogen) atoms. The number of rotatable bonds is 2. The van der Waals surface area contributed by atoms with E-state index in [2.05, 4.69) is 6.08 Å². The summed E-state index contributed by atoms with van der Waals surface area (Å²) in [7, 11) is 1.70. The van der Waals surface area contributed by atoms with E-state index in [0.717, 1.165) is 13.0 Å². The van der Waals surface area contributed by atoms with Crippen LogP contribution in [0.4, 0.5) is 0 Å². The normalized spacial score (nSPS) is 40.5. The van der Waals surface area contributed by atoms with Gasteiger partial charge in [-0.25, -0.2) is 0 Å². The van der Waals surface area contributed by atoms with Gasteiger partial charge in [0.05, 0.1) is 6.61 Å². The van der Waals surface area contributed by atoms with Gasteiger partial charge in [-0.05, 0) is 5.92 Å². The van der Waals surface area contributed by atoms with Crippen LogP contribution in [0.25, 0.3) is 0 Å². The number of methoxy groups -OCH3 is 1. The predicted octanol–water partition coefficient (Wildman–Crippen LogP) is 1.02. The van der Waals surface area contributed by atoms with E-state index < -0.39 is 0 Å². The Morgan fingerprint density at radius 1 is 1.64 bits per heavy atom. The number of carbonyl (C=O) groups excluding carboxylic acids is 1. The Labute approximate surface area is 66.2 Å². The first-order chi connectivity index (χ1) is 5.33. The van der Waals surface area contributed by atoms with E-state index in [4.69, 9.17) is 4.74 Å². The Balaban J connectivity index is 2.11. The number of hydrogen-bond acceptors (Lipinski definition) is 2. The Hall–Kier alpha value is -0.630. The largest absolute Gasteiger partial charge is 0.384 e. The van der Waals surface area contributed by atoms with E-state index in [0.29, 0.717) is 17.6 Å². The highest BCUT2D eigenvalue weighted by Crippen LogP contribution is 2.41. The van der Waals surface area contributed by atoms with E-state index in [1.165, 1.54) is 0 Å². The third-order valence-corrected chi connectivity index (χ3v) is 2.74. The first-order valence-corrected chi connectivity index (χ1v) is 4.03. The molecule has 60 valence electrons. The highest BCUT2D eigenvalue weighted by molar-refractivity contribution is 5.87. The number of ketones is 1. The van der Waals surface area contributed by atoms with Crippen LogP contribution < -0.4 is 0 Å². The maximum Gasteiger partial charge on any atom is 0.140 e. The summed E-state index contributed by atoms with van der Waals surface area (Å²) < 4.78 is 5.06. The molecule has 0 spiro atoms. The molecule has 1 saturated carbocycles. The lowest BCUT2D eigenvalue weighted by molar-refractivity contribution is -0.120. The van der Waals surface area contributed by atoms with Crippen molar-refractivity contribution >= 4 is 5.78 Å². The first-order valence-electron chi connectivity index (χ1n) is 4.03. The molecule has 2 aliphatic carbocycles. The van der Waals surface area contributed by atoms with Crippen molar-refractivity contribution in [2.24, 2.45) is 17.8 Å². The van der Waals surface area contributed by atoms with E-state index in [1.807, 2.05) is 6.08 Å². The molecule has 2 rings (SSSR count). The molecule has 1 fully saturated rings. The molecule has 0 heterocycles. The lowest BCUT2D eigenvalue weighted by Crippen LogP contribution is -2.15. The van der Waals surface area contributed by atoms with Crippen LogP contribution in [0.1, 0.15) is 6.42 Å². The summed E-state index contributed by atoms with van der Waals surface area (Å²) in [5.74, 6) is 1.51. The zero-order valence-corrected chi connectivity index (χ0v) is 6.62. The molecule has 0 amide bonds.